The molecule has 1 N–H and O–H groups in total. The molecule has 32 heavy (non-hydrogen) atoms. The SMILES string of the molecule is O=C(NCc1ccc2c(c1)OCO2)c1ccc2c(c1)CCN2S(=O)(=O)c1ccc(Cl)cc1. The second kappa shape index (κ2) is 8.03. The van der Waals surface area contributed by atoms with Crippen LogP contribution < -0.4 is 19.1 Å². The number of carbonyl (C=O) groups is 1. The number of benzene rings is 3. The zero-order valence-electron chi connectivity index (χ0n) is 16.9. The molecule has 0 saturated carbocycles. The highest BCUT2D eigenvalue weighted by molar-refractivity contribution is 7.92. The van der Waals surface area contributed by atoms with Gasteiger partial charge in [0, 0.05) is 23.7 Å². The van der Waals surface area contributed by atoms with Crippen molar-refractivity contribution < 1.29 is 22.7 Å². The molecule has 0 saturated heterocycles. The Bertz CT molecular complexity index is 1310. The Morgan fingerprint density at radius 2 is 1.78 bits per heavy atom. The Balaban J connectivity index is 1.31. The summed E-state index contributed by atoms with van der Waals surface area (Å²) in [5.41, 5.74) is 2.78. The fraction of sp³-hybridized carbons (Fsp3) is 0.174. The van der Waals surface area contributed by atoms with Crippen molar-refractivity contribution in [3.8, 4) is 11.5 Å². The molecule has 2 aliphatic heterocycles. The lowest BCUT2D eigenvalue weighted by atomic mass is 10.1. The molecule has 0 spiro atoms. The maximum Gasteiger partial charge on any atom is 0.264 e. The smallest absolute Gasteiger partial charge is 0.264 e. The summed E-state index contributed by atoms with van der Waals surface area (Å²) in [6.07, 6.45) is 0.533. The van der Waals surface area contributed by atoms with E-state index in [0.29, 0.717) is 47.3 Å². The molecule has 2 heterocycles. The summed E-state index contributed by atoms with van der Waals surface area (Å²) in [5.74, 6) is 1.12. The number of hydrogen-bond donors (Lipinski definition) is 1. The van der Waals surface area contributed by atoms with Crippen molar-refractivity contribution in [2.45, 2.75) is 17.9 Å². The van der Waals surface area contributed by atoms with Gasteiger partial charge < -0.3 is 14.8 Å². The maximum atomic E-state index is 13.1. The van der Waals surface area contributed by atoms with Gasteiger partial charge in [0.2, 0.25) is 6.79 Å². The molecule has 5 rings (SSSR count). The average molecular weight is 471 g/mol. The van der Waals surface area contributed by atoms with Gasteiger partial charge in [0.25, 0.3) is 15.9 Å². The minimum absolute atomic E-state index is 0.181. The summed E-state index contributed by atoms with van der Waals surface area (Å²) in [4.78, 5) is 12.9. The van der Waals surface area contributed by atoms with Crippen molar-refractivity contribution in [3.63, 3.8) is 0 Å². The van der Waals surface area contributed by atoms with E-state index in [9.17, 15) is 13.2 Å². The van der Waals surface area contributed by atoms with Crippen LogP contribution in [0.15, 0.2) is 65.6 Å². The van der Waals surface area contributed by atoms with E-state index in [2.05, 4.69) is 5.32 Å². The first-order valence-electron chi connectivity index (χ1n) is 10.00. The molecule has 164 valence electrons. The van der Waals surface area contributed by atoms with E-state index in [1.165, 1.54) is 16.4 Å². The van der Waals surface area contributed by atoms with E-state index in [1.54, 1.807) is 30.3 Å². The molecule has 0 aliphatic carbocycles. The number of anilines is 1. The van der Waals surface area contributed by atoms with Gasteiger partial charge in [0.15, 0.2) is 11.5 Å². The quantitative estimate of drug-likeness (QED) is 0.614. The van der Waals surface area contributed by atoms with Crippen molar-refractivity contribution >= 4 is 33.2 Å². The number of halogens is 1. The van der Waals surface area contributed by atoms with Gasteiger partial charge in [0.05, 0.1) is 10.6 Å². The topological polar surface area (TPSA) is 84.9 Å². The molecule has 0 radical (unpaired) electrons. The number of nitrogens with one attached hydrogen (secondary N) is 1. The van der Waals surface area contributed by atoms with Gasteiger partial charge in [-0.15, -0.1) is 0 Å². The Labute approximate surface area is 190 Å². The van der Waals surface area contributed by atoms with Crippen LogP contribution in [-0.4, -0.2) is 27.7 Å². The standard InChI is InChI=1S/C23H19ClN2O5S/c24-18-3-5-19(6-4-18)32(28,29)26-10-9-16-12-17(2-7-20(16)26)23(27)25-13-15-1-8-21-22(11-15)31-14-30-21/h1-8,11-12H,9-10,13-14H2,(H,25,27). The zero-order valence-corrected chi connectivity index (χ0v) is 18.4. The molecular weight excluding hydrogens is 452 g/mol. The van der Waals surface area contributed by atoms with Crippen molar-refractivity contribution in [2.24, 2.45) is 0 Å². The van der Waals surface area contributed by atoms with Gasteiger partial charge in [-0.1, -0.05) is 17.7 Å². The summed E-state index contributed by atoms with van der Waals surface area (Å²) >= 11 is 5.88. The number of hydrogen-bond acceptors (Lipinski definition) is 5. The maximum absolute atomic E-state index is 13.1. The molecule has 0 bridgehead atoms. The van der Waals surface area contributed by atoms with Crippen LogP contribution in [0.25, 0.3) is 0 Å². The average Bonchev–Trinajstić information content (AvgIpc) is 3.44. The lowest BCUT2D eigenvalue weighted by Crippen LogP contribution is -2.29. The molecule has 3 aromatic rings. The van der Waals surface area contributed by atoms with E-state index in [1.807, 2.05) is 18.2 Å². The molecule has 0 aromatic heterocycles. The number of rotatable bonds is 5. The Morgan fingerprint density at radius 1 is 1.00 bits per heavy atom. The summed E-state index contributed by atoms with van der Waals surface area (Å²) < 4.78 is 38.1. The van der Waals surface area contributed by atoms with Crippen LogP contribution in [0.2, 0.25) is 5.02 Å². The first-order chi connectivity index (χ1) is 15.4. The highest BCUT2D eigenvalue weighted by atomic mass is 35.5. The lowest BCUT2D eigenvalue weighted by Gasteiger charge is -2.19. The predicted octanol–water partition coefficient (Wildman–Crippen LogP) is 3.75. The van der Waals surface area contributed by atoms with Gasteiger partial charge in [-0.3, -0.25) is 9.10 Å². The van der Waals surface area contributed by atoms with E-state index in [-0.39, 0.29) is 17.6 Å². The van der Waals surface area contributed by atoms with Gasteiger partial charge >= 0.3 is 0 Å². The van der Waals surface area contributed by atoms with Crippen molar-refractivity contribution in [1.29, 1.82) is 0 Å². The van der Waals surface area contributed by atoms with Crippen LogP contribution in [0.1, 0.15) is 21.5 Å². The lowest BCUT2D eigenvalue weighted by molar-refractivity contribution is 0.0950. The molecule has 2 aliphatic rings. The molecule has 0 atom stereocenters. The number of ether oxygens (including phenoxy) is 2. The molecular formula is C23H19ClN2O5S. The molecule has 9 heteroatoms. The van der Waals surface area contributed by atoms with E-state index in [4.69, 9.17) is 21.1 Å². The van der Waals surface area contributed by atoms with Crippen molar-refractivity contribution in [2.75, 3.05) is 17.6 Å². The molecule has 3 aromatic carbocycles. The summed E-state index contributed by atoms with van der Waals surface area (Å²) in [6, 6.07) is 16.7. The van der Waals surface area contributed by atoms with Crippen LogP contribution >= 0.6 is 11.6 Å². The number of nitrogens with zero attached hydrogens (tertiary/aromatic N) is 1. The highest BCUT2D eigenvalue weighted by Gasteiger charge is 2.31. The van der Waals surface area contributed by atoms with Crippen LogP contribution in [0.5, 0.6) is 11.5 Å². The second-order valence-corrected chi connectivity index (χ2v) is 9.79. The number of sulfonamides is 1. The largest absolute Gasteiger partial charge is 0.454 e. The van der Waals surface area contributed by atoms with Gasteiger partial charge in [0.1, 0.15) is 0 Å². The Kier molecular flexibility index (Phi) is 5.19. The molecule has 1 amide bonds. The normalized spacial score (nSPS) is 14.3. The molecule has 0 unspecified atom stereocenters. The van der Waals surface area contributed by atoms with Crippen LogP contribution in [-0.2, 0) is 23.0 Å². The number of carbonyl (C=O) groups excluding carboxylic acids is 1. The second-order valence-electron chi connectivity index (χ2n) is 7.49. The third-order valence-electron chi connectivity index (χ3n) is 5.49. The van der Waals surface area contributed by atoms with Crippen LogP contribution in [0, 0.1) is 0 Å². The van der Waals surface area contributed by atoms with Crippen LogP contribution in [0.4, 0.5) is 5.69 Å². The van der Waals surface area contributed by atoms with E-state index < -0.39 is 10.0 Å². The Morgan fingerprint density at radius 3 is 2.59 bits per heavy atom. The Hall–Kier alpha value is -3.23. The first kappa shape index (κ1) is 20.7. The number of fused-ring (bicyclic) bond motifs is 2. The minimum Gasteiger partial charge on any atom is -0.454 e. The molecule has 0 fully saturated rings. The fourth-order valence-corrected chi connectivity index (χ4v) is 5.46. The molecule has 7 nitrogen and oxygen atoms in total. The van der Waals surface area contributed by atoms with Gasteiger partial charge in [-0.05, 0) is 72.1 Å². The zero-order chi connectivity index (χ0) is 22.3. The summed E-state index contributed by atoms with van der Waals surface area (Å²) in [6.45, 7) is 0.858. The minimum atomic E-state index is -3.70. The fourth-order valence-electron chi connectivity index (χ4n) is 3.83. The van der Waals surface area contributed by atoms with Gasteiger partial charge in [-0.25, -0.2) is 8.42 Å². The van der Waals surface area contributed by atoms with E-state index in [0.717, 1.165) is 11.1 Å². The van der Waals surface area contributed by atoms with Crippen molar-refractivity contribution in [3.05, 3.63) is 82.4 Å². The summed E-state index contributed by atoms with van der Waals surface area (Å²) in [5, 5.41) is 3.36. The number of amides is 1. The third-order valence-corrected chi connectivity index (χ3v) is 7.57. The van der Waals surface area contributed by atoms with E-state index >= 15 is 0 Å². The predicted molar refractivity (Wildman–Crippen MR) is 120 cm³/mol. The van der Waals surface area contributed by atoms with Crippen molar-refractivity contribution in [1.82, 2.24) is 5.32 Å². The third kappa shape index (κ3) is 3.76. The highest BCUT2D eigenvalue weighted by Crippen LogP contribution is 2.34. The van der Waals surface area contributed by atoms with Gasteiger partial charge in [-0.2, -0.15) is 0 Å². The monoisotopic (exact) mass is 470 g/mol. The summed E-state index contributed by atoms with van der Waals surface area (Å²) in [7, 11) is -3.70. The van der Waals surface area contributed by atoms with Crippen LogP contribution in [0.3, 0.4) is 0 Å². The first-order valence-corrected chi connectivity index (χ1v) is 11.8.